The number of carbonyl (C=O) groups is 3. The number of amides is 1. The van der Waals surface area contributed by atoms with Crippen LogP contribution in [-0.4, -0.2) is 40.7 Å². The summed E-state index contributed by atoms with van der Waals surface area (Å²) in [7, 11) is 0. The molecule has 0 bridgehead atoms. The van der Waals surface area contributed by atoms with Crippen LogP contribution in [0.2, 0.25) is 10.0 Å². The van der Waals surface area contributed by atoms with Crippen molar-refractivity contribution >= 4 is 41.0 Å². The summed E-state index contributed by atoms with van der Waals surface area (Å²) in [6.45, 7) is -0.468. The molecule has 3 aromatic carbocycles. The molecule has 3 N–H and O–H groups in total. The molecular formula is C24H19Cl2NO6. The predicted octanol–water partition coefficient (Wildman–Crippen LogP) is 4.55. The molecule has 3 rings (SSSR count). The van der Waals surface area contributed by atoms with E-state index in [1.165, 1.54) is 12.1 Å². The van der Waals surface area contributed by atoms with Crippen molar-refractivity contribution in [2.45, 2.75) is 12.5 Å². The van der Waals surface area contributed by atoms with E-state index in [-0.39, 0.29) is 22.0 Å². The zero-order chi connectivity index (χ0) is 24.0. The van der Waals surface area contributed by atoms with Gasteiger partial charge in [0, 0.05) is 12.0 Å². The van der Waals surface area contributed by atoms with Gasteiger partial charge in [-0.2, -0.15) is 0 Å². The van der Waals surface area contributed by atoms with Crippen molar-refractivity contribution in [2.24, 2.45) is 0 Å². The lowest BCUT2D eigenvalue weighted by atomic mass is 10.00. The van der Waals surface area contributed by atoms with Crippen LogP contribution in [0.15, 0.2) is 66.7 Å². The van der Waals surface area contributed by atoms with Gasteiger partial charge in [0.05, 0.1) is 15.6 Å². The highest BCUT2D eigenvalue weighted by Gasteiger charge is 2.24. The standard InChI is InChI=1S/C24H19Cl2NO6/c25-17-5-3-6-18(26)22(17)23(30)27-19(24(31)32)12-14-8-10-15(11-9-14)16-4-1-2-7-20(16)33-13-21(28)29/h1-11,19H,12-13H2,(H,27,30)(H,28,29)(H,31,32)/t19-/m0/s1. The molecule has 0 saturated heterocycles. The van der Waals surface area contributed by atoms with Gasteiger partial charge in [0.1, 0.15) is 11.8 Å². The summed E-state index contributed by atoms with van der Waals surface area (Å²) in [5, 5.41) is 21.2. The average Bonchev–Trinajstić information content (AvgIpc) is 2.78. The van der Waals surface area contributed by atoms with E-state index in [4.69, 9.17) is 33.0 Å². The van der Waals surface area contributed by atoms with Crippen molar-refractivity contribution in [3.8, 4) is 16.9 Å². The molecule has 0 heterocycles. The second-order valence-corrected chi connectivity index (χ2v) is 7.85. The van der Waals surface area contributed by atoms with Crippen LogP contribution in [0.25, 0.3) is 11.1 Å². The Kier molecular flexibility index (Phi) is 7.92. The highest BCUT2D eigenvalue weighted by Crippen LogP contribution is 2.30. The maximum absolute atomic E-state index is 12.6. The van der Waals surface area contributed by atoms with Gasteiger partial charge in [-0.1, -0.05) is 71.7 Å². The molecule has 1 atom stereocenters. The quantitative estimate of drug-likeness (QED) is 0.408. The average molecular weight is 488 g/mol. The highest BCUT2D eigenvalue weighted by atomic mass is 35.5. The Morgan fingerprint density at radius 3 is 2.12 bits per heavy atom. The summed E-state index contributed by atoms with van der Waals surface area (Å²) in [5.74, 6) is -2.55. The van der Waals surface area contributed by atoms with E-state index in [2.05, 4.69) is 5.32 Å². The lowest BCUT2D eigenvalue weighted by molar-refractivity contribution is -0.140. The lowest BCUT2D eigenvalue weighted by Gasteiger charge is -2.16. The number of carboxylic acids is 2. The van der Waals surface area contributed by atoms with E-state index in [0.29, 0.717) is 16.9 Å². The summed E-state index contributed by atoms with van der Waals surface area (Å²) < 4.78 is 5.34. The third-order valence-corrected chi connectivity index (χ3v) is 5.37. The third-order valence-electron chi connectivity index (χ3n) is 4.74. The van der Waals surface area contributed by atoms with Gasteiger partial charge in [0.25, 0.3) is 5.91 Å². The first-order valence-electron chi connectivity index (χ1n) is 9.77. The van der Waals surface area contributed by atoms with Gasteiger partial charge in [-0.15, -0.1) is 0 Å². The number of nitrogens with one attached hydrogen (secondary N) is 1. The van der Waals surface area contributed by atoms with Crippen LogP contribution in [0.3, 0.4) is 0 Å². The van der Waals surface area contributed by atoms with Crippen molar-refractivity contribution in [2.75, 3.05) is 6.61 Å². The SMILES string of the molecule is O=C(O)COc1ccccc1-c1ccc(C[C@H](NC(=O)c2c(Cl)cccc2Cl)C(=O)O)cc1. The predicted molar refractivity (Wildman–Crippen MR) is 124 cm³/mol. The molecule has 0 saturated carbocycles. The van der Waals surface area contributed by atoms with E-state index in [1.54, 1.807) is 54.6 Å². The van der Waals surface area contributed by atoms with E-state index < -0.39 is 30.5 Å². The minimum atomic E-state index is -1.21. The van der Waals surface area contributed by atoms with Gasteiger partial charge in [0.2, 0.25) is 0 Å². The molecule has 0 aliphatic carbocycles. The maximum atomic E-state index is 12.6. The molecule has 9 heteroatoms. The van der Waals surface area contributed by atoms with Crippen LogP contribution in [0, 0.1) is 0 Å². The Morgan fingerprint density at radius 2 is 1.52 bits per heavy atom. The van der Waals surface area contributed by atoms with E-state index in [9.17, 15) is 19.5 Å². The largest absolute Gasteiger partial charge is 0.481 e. The van der Waals surface area contributed by atoms with Crippen LogP contribution in [0.1, 0.15) is 15.9 Å². The Morgan fingerprint density at radius 1 is 0.879 bits per heavy atom. The maximum Gasteiger partial charge on any atom is 0.341 e. The summed E-state index contributed by atoms with van der Waals surface area (Å²) in [6, 6.07) is 17.4. The normalized spacial score (nSPS) is 11.5. The second-order valence-electron chi connectivity index (χ2n) is 7.04. The summed E-state index contributed by atoms with van der Waals surface area (Å²) >= 11 is 12.1. The van der Waals surface area contributed by atoms with Crippen LogP contribution >= 0.6 is 23.2 Å². The van der Waals surface area contributed by atoms with Gasteiger partial charge in [0.15, 0.2) is 6.61 Å². The summed E-state index contributed by atoms with van der Waals surface area (Å²) in [4.78, 5) is 35.1. The van der Waals surface area contributed by atoms with Gasteiger partial charge < -0.3 is 20.3 Å². The topological polar surface area (TPSA) is 113 Å². The summed E-state index contributed by atoms with van der Waals surface area (Å²) in [5.41, 5.74) is 2.14. The van der Waals surface area contributed by atoms with Crippen molar-refractivity contribution in [1.29, 1.82) is 0 Å². The second kappa shape index (κ2) is 10.8. The van der Waals surface area contributed by atoms with Crippen LogP contribution in [-0.2, 0) is 16.0 Å². The molecule has 0 radical (unpaired) electrons. The van der Waals surface area contributed by atoms with E-state index >= 15 is 0 Å². The highest BCUT2D eigenvalue weighted by molar-refractivity contribution is 6.39. The monoisotopic (exact) mass is 487 g/mol. The molecule has 33 heavy (non-hydrogen) atoms. The van der Waals surface area contributed by atoms with Crippen LogP contribution in [0.4, 0.5) is 0 Å². The first-order valence-corrected chi connectivity index (χ1v) is 10.5. The minimum absolute atomic E-state index is 0.0143. The molecule has 170 valence electrons. The van der Waals surface area contributed by atoms with Gasteiger partial charge >= 0.3 is 11.9 Å². The number of hydrogen-bond donors (Lipinski definition) is 3. The Hall–Kier alpha value is -3.55. The molecule has 0 aliphatic heterocycles. The van der Waals surface area contributed by atoms with Crippen LogP contribution in [0.5, 0.6) is 5.75 Å². The number of rotatable bonds is 9. The van der Waals surface area contributed by atoms with Gasteiger partial charge in [-0.05, 0) is 29.3 Å². The van der Waals surface area contributed by atoms with Crippen molar-refractivity contribution < 1.29 is 29.3 Å². The first kappa shape index (κ1) is 24.1. The minimum Gasteiger partial charge on any atom is -0.481 e. The molecular weight excluding hydrogens is 469 g/mol. The molecule has 0 aromatic heterocycles. The van der Waals surface area contributed by atoms with Crippen molar-refractivity contribution in [3.05, 3.63) is 87.9 Å². The van der Waals surface area contributed by atoms with Gasteiger partial charge in [-0.3, -0.25) is 4.79 Å². The first-order chi connectivity index (χ1) is 15.8. The number of carbonyl (C=O) groups excluding carboxylic acids is 1. The number of ether oxygens (including phenoxy) is 1. The molecule has 0 aliphatic rings. The Bertz CT molecular complexity index is 1160. The molecule has 0 unspecified atom stereocenters. The number of benzene rings is 3. The Labute approximate surface area is 199 Å². The zero-order valence-electron chi connectivity index (χ0n) is 17.1. The van der Waals surface area contributed by atoms with Crippen LogP contribution < -0.4 is 10.1 Å². The Balaban J connectivity index is 1.76. The molecule has 0 fully saturated rings. The fraction of sp³-hybridized carbons (Fsp3) is 0.125. The summed E-state index contributed by atoms with van der Waals surface area (Å²) in [6.07, 6.45) is 0.0284. The smallest absolute Gasteiger partial charge is 0.341 e. The van der Waals surface area contributed by atoms with Gasteiger partial charge in [-0.25, -0.2) is 9.59 Å². The number of halogens is 2. The molecule has 7 nitrogen and oxygen atoms in total. The number of aliphatic carboxylic acids is 2. The molecule has 3 aromatic rings. The number of carboxylic acid groups (broad SMARTS) is 2. The number of para-hydroxylation sites is 1. The fourth-order valence-electron chi connectivity index (χ4n) is 3.17. The fourth-order valence-corrected chi connectivity index (χ4v) is 3.74. The molecule has 0 spiro atoms. The van der Waals surface area contributed by atoms with Crippen molar-refractivity contribution in [1.82, 2.24) is 5.32 Å². The number of hydrogen-bond acceptors (Lipinski definition) is 4. The lowest BCUT2D eigenvalue weighted by Crippen LogP contribution is -2.42. The molecule has 1 amide bonds. The third kappa shape index (κ3) is 6.25. The van der Waals surface area contributed by atoms with E-state index in [1.807, 2.05) is 0 Å². The zero-order valence-corrected chi connectivity index (χ0v) is 18.6. The van der Waals surface area contributed by atoms with Crippen molar-refractivity contribution in [3.63, 3.8) is 0 Å². The van der Waals surface area contributed by atoms with E-state index in [0.717, 1.165) is 5.56 Å².